The Morgan fingerprint density at radius 3 is 2.94 bits per heavy atom. The Bertz CT molecular complexity index is 424. The maximum Gasteiger partial charge on any atom is 0.122 e. The van der Waals surface area contributed by atoms with Crippen LogP contribution in [0, 0.1) is 5.92 Å². The number of fused-ring (bicyclic) bond motifs is 2. The van der Waals surface area contributed by atoms with Crippen molar-refractivity contribution in [3.05, 3.63) is 23.7 Å². The van der Waals surface area contributed by atoms with Crippen LogP contribution in [0.4, 0.5) is 0 Å². The Morgan fingerprint density at radius 1 is 1.28 bits per heavy atom. The Morgan fingerprint density at radius 2 is 2.22 bits per heavy atom. The highest BCUT2D eigenvalue weighted by molar-refractivity contribution is 5.17. The van der Waals surface area contributed by atoms with Gasteiger partial charge in [-0.3, -0.25) is 4.90 Å². The fourth-order valence-electron chi connectivity index (χ4n) is 3.61. The van der Waals surface area contributed by atoms with Gasteiger partial charge in [-0.25, -0.2) is 0 Å². The summed E-state index contributed by atoms with van der Waals surface area (Å²) in [6, 6.07) is 3.75. The maximum absolute atomic E-state index is 5.71. The summed E-state index contributed by atoms with van der Waals surface area (Å²) in [5.74, 6) is 2.16. The zero-order valence-electron chi connectivity index (χ0n) is 10.9. The average molecular weight is 246 g/mol. The van der Waals surface area contributed by atoms with E-state index in [0.717, 1.165) is 31.1 Å². The lowest BCUT2D eigenvalue weighted by molar-refractivity contribution is 0.189. The number of furan rings is 1. The molecule has 2 saturated carbocycles. The lowest BCUT2D eigenvalue weighted by atomic mass is 10.1. The molecule has 98 valence electrons. The van der Waals surface area contributed by atoms with Gasteiger partial charge in [-0.05, 0) is 44.1 Å². The fraction of sp³-hybridized carbons (Fsp3) is 0.733. The molecule has 1 saturated heterocycles. The Kier molecular flexibility index (Phi) is 2.70. The Labute approximate surface area is 109 Å². The van der Waals surface area contributed by atoms with E-state index < -0.39 is 0 Å². The largest absolute Gasteiger partial charge is 0.468 e. The van der Waals surface area contributed by atoms with E-state index in [-0.39, 0.29) is 0 Å². The minimum atomic E-state index is 0.774. The highest BCUT2D eigenvalue weighted by atomic mass is 16.3. The molecule has 0 radical (unpaired) electrons. The minimum absolute atomic E-state index is 0.774. The number of likely N-dealkylation sites (tertiary alicyclic amines) is 1. The van der Waals surface area contributed by atoms with E-state index in [1.807, 2.05) is 6.26 Å². The van der Waals surface area contributed by atoms with E-state index >= 15 is 0 Å². The van der Waals surface area contributed by atoms with Crippen molar-refractivity contribution in [1.82, 2.24) is 10.2 Å². The van der Waals surface area contributed by atoms with Crippen molar-refractivity contribution in [3.8, 4) is 0 Å². The standard InChI is InChI=1S/C15H22N2O/c1-4-14-7-11(1)9-17(14)10-15-12(5-6-18-15)8-16-13-2-3-13/h5-6,11,13-14,16H,1-4,7-10H2. The van der Waals surface area contributed by atoms with Crippen molar-refractivity contribution in [2.24, 2.45) is 5.92 Å². The molecule has 1 aromatic heterocycles. The van der Waals surface area contributed by atoms with Gasteiger partial charge in [0.15, 0.2) is 0 Å². The number of nitrogens with one attached hydrogen (secondary N) is 1. The third kappa shape index (κ3) is 2.10. The van der Waals surface area contributed by atoms with Crippen LogP contribution in [-0.2, 0) is 13.1 Å². The van der Waals surface area contributed by atoms with Crippen molar-refractivity contribution < 1.29 is 4.42 Å². The summed E-state index contributed by atoms with van der Waals surface area (Å²) in [5, 5.41) is 3.58. The van der Waals surface area contributed by atoms with Crippen molar-refractivity contribution in [2.75, 3.05) is 6.54 Å². The predicted octanol–water partition coefficient (Wildman–Crippen LogP) is 2.52. The third-order valence-electron chi connectivity index (χ3n) is 4.87. The normalized spacial score (nSPS) is 31.3. The molecule has 0 aromatic carbocycles. The number of rotatable bonds is 5. The molecule has 3 nitrogen and oxygen atoms in total. The van der Waals surface area contributed by atoms with Crippen LogP contribution < -0.4 is 5.32 Å². The van der Waals surface area contributed by atoms with Crippen molar-refractivity contribution in [1.29, 1.82) is 0 Å². The second kappa shape index (κ2) is 4.39. The van der Waals surface area contributed by atoms with Gasteiger partial charge in [0.05, 0.1) is 12.8 Å². The molecule has 1 aromatic rings. The summed E-state index contributed by atoms with van der Waals surface area (Å²) in [6.07, 6.45) is 8.84. The van der Waals surface area contributed by atoms with Gasteiger partial charge in [-0.2, -0.15) is 0 Å². The Hall–Kier alpha value is -0.800. The molecule has 0 amide bonds. The molecule has 2 heterocycles. The minimum Gasteiger partial charge on any atom is -0.468 e. The molecule has 3 aliphatic rings. The molecule has 18 heavy (non-hydrogen) atoms. The molecule has 2 atom stereocenters. The maximum atomic E-state index is 5.71. The van der Waals surface area contributed by atoms with Gasteiger partial charge < -0.3 is 9.73 Å². The predicted molar refractivity (Wildman–Crippen MR) is 70.1 cm³/mol. The molecular weight excluding hydrogens is 224 g/mol. The fourth-order valence-corrected chi connectivity index (χ4v) is 3.61. The zero-order valence-corrected chi connectivity index (χ0v) is 10.9. The molecular formula is C15H22N2O. The average Bonchev–Trinajstić information content (AvgIpc) is 2.79. The zero-order chi connectivity index (χ0) is 11.9. The molecule has 0 spiro atoms. The highest BCUT2D eigenvalue weighted by Gasteiger charge is 2.38. The first kappa shape index (κ1) is 11.1. The molecule has 2 bridgehead atoms. The lowest BCUT2D eigenvalue weighted by Crippen LogP contribution is -2.31. The van der Waals surface area contributed by atoms with E-state index in [1.165, 1.54) is 50.0 Å². The Balaban J connectivity index is 1.39. The summed E-state index contributed by atoms with van der Waals surface area (Å²) >= 11 is 0. The van der Waals surface area contributed by atoms with Crippen LogP contribution in [0.3, 0.4) is 0 Å². The molecule has 3 heteroatoms. The van der Waals surface area contributed by atoms with Crippen LogP contribution in [0.2, 0.25) is 0 Å². The summed E-state index contributed by atoms with van der Waals surface area (Å²) in [4.78, 5) is 2.63. The second-order valence-corrected chi connectivity index (χ2v) is 6.29. The molecule has 2 aliphatic carbocycles. The third-order valence-corrected chi connectivity index (χ3v) is 4.87. The number of piperidine rings is 1. The van der Waals surface area contributed by atoms with Gasteiger partial charge in [-0.1, -0.05) is 0 Å². The molecule has 4 rings (SSSR count). The van der Waals surface area contributed by atoms with Crippen molar-refractivity contribution in [3.63, 3.8) is 0 Å². The summed E-state index contributed by atoms with van der Waals surface area (Å²) in [7, 11) is 0. The van der Waals surface area contributed by atoms with Gasteiger partial charge in [0.1, 0.15) is 5.76 Å². The number of hydrogen-bond acceptors (Lipinski definition) is 3. The van der Waals surface area contributed by atoms with E-state index in [4.69, 9.17) is 4.42 Å². The van der Waals surface area contributed by atoms with Crippen LogP contribution in [0.25, 0.3) is 0 Å². The van der Waals surface area contributed by atoms with Gasteiger partial charge in [-0.15, -0.1) is 0 Å². The molecule has 2 unspecified atom stereocenters. The van der Waals surface area contributed by atoms with E-state index in [1.54, 1.807) is 0 Å². The number of nitrogens with zero attached hydrogens (tertiary/aromatic N) is 1. The number of hydrogen-bond donors (Lipinski definition) is 1. The van der Waals surface area contributed by atoms with Crippen LogP contribution in [0.15, 0.2) is 16.7 Å². The first-order valence-electron chi connectivity index (χ1n) is 7.41. The monoisotopic (exact) mass is 246 g/mol. The lowest BCUT2D eigenvalue weighted by Gasteiger charge is -2.26. The summed E-state index contributed by atoms with van der Waals surface area (Å²) < 4.78 is 5.71. The summed E-state index contributed by atoms with van der Waals surface area (Å²) in [6.45, 7) is 3.30. The van der Waals surface area contributed by atoms with Gasteiger partial charge in [0, 0.05) is 30.7 Å². The molecule has 3 fully saturated rings. The first-order chi connectivity index (χ1) is 8.88. The molecule has 1 aliphatic heterocycles. The van der Waals surface area contributed by atoms with Crippen LogP contribution in [0.1, 0.15) is 43.4 Å². The van der Waals surface area contributed by atoms with Crippen LogP contribution >= 0.6 is 0 Å². The van der Waals surface area contributed by atoms with Crippen molar-refractivity contribution >= 4 is 0 Å². The summed E-state index contributed by atoms with van der Waals surface area (Å²) in [5.41, 5.74) is 1.37. The quantitative estimate of drug-likeness (QED) is 0.865. The van der Waals surface area contributed by atoms with Crippen LogP contribution in [-0.4, -0.2) is 23.5 Å². The van der Waals surface area contributed by atoms with Gasteiger partial charge in [0.25, 0.3) is 0 Å². The topological polar surface area (TPSA) is 28.4 Å². The van der Waals surface area contributed by atoms with Crippen molar-refractivity contribution in [2.45, 2.75) is 57.3 Å². The van der Waals surface area contributed by atoms with E-state index in [2.05, 4.69) is 16.3 Å². The molecule has 1 N–H and O–H groups in total. The van der Waals surface area contributed by atoms with Gasteiger partial charge >= 0.3 is 0 Å². The van der Waals surface area contributed by atoms with E-state index in [0.29, 0.717) is 0 Å². The SMILES string of the molecule is c1cc(CNC2CC2)c(CN2CC3CCC2C3)o1. The smallest absolute Gasteiger partial charge is 0.122 e. The highest BCUT2D eigenvalue weighted by Crippen LogP contribution is 2.38. The second-order valence-electron chi connectivity index (χ2n) is 6.29. The first-order valence-corrected chi connectivity index (χ1v) is 7.41. The van der Waals surface area contributed by atoms with Crippen LogP contribution in [0.5, 0.6) is 0 Å². The van der Waals surface area contributed by atoms with Gasteiger partial charge in [0.2, 0.25) is 0 Å². The van der Waals surface area contributed by atoms with E-state index in [9.17, 15) is 0 Å².